The number of rotatable bonds is 6. The van der Waals surface area contributed by atoms with E-state index in [4.69, 9.17) is 4.98 Å². The van der Waals surface area contributed by atoms with Crippen LogP contribution in [0, 0.1) is 6.07 Å². The number of phenolic OH excluding ortho intramolecular Hbond substituents is 1. The van der Waals surface area contributed by atoms with Crippen molar-refractivity contribution in [2.24, 2.45) is 0 Å². The van der Waals surface area contributed by atoms with Crippen LogP contribution in [0.3, 0.4) is 0 Å². The molecule has 42 heavy (non-hydrogen) atoms. The van der Waals surface area contributed by atoms with Gasteiger partial charge in [-0.1, -0.05) is 84.0 Å². The van der Waals surface area contributed by atoms with Crippen LogP contribution in [0.15, 0.2) is 91.1 Å². The summed E-state index contributed by atoms with van der Waals surface area (Å²) in [5.41, 5.74) is 8.25. The fourth-order valence-corrected chi connectivity index (χ4v) is 5.69. The topological polar surface area (TPSA) is 50.9 Å². The van der Waals surface area contributed by atoms with Gasteiger partial charge in [0.1, 0.15) is 11.4 Å². The number of aromatic hydroxyl groups is 1. The normalized spacial score (nSPS) is 11.9. The molecule has 6 aromatic rings. The van der Waals surface area contributed by atoms with Crippen molar-refractivity contribution in [1.29, 1.82) is 0 Å². The maximum atomic E-state index is 11.6. The summed E-state index contributed by atoms with van der Waals surface area (Å²) in [5.74, 6) is 0.817. The van der Waals surface area contributed by atoms with Gasteiger partial charge in [-0.05, 0) is 52.9 Å². The third kappa shape index (κ3) is 5.07. The SMILES string of the molecule is CC(C)c1cc(C(C)C)c(O)c(-n2c3ccccc3c3ccc(-c4[c-]c(C(C)(C)c5ccccn5)ccc4)nc32)c1.[Pt]. The number of para-hydroxylation sites is 1. The van der Waals surface area contributed by atoms with E-state index in [0.29, 0.717) is 11.7 Å². The molecule has 216 valence electrons. The quantitative estimate of drug-likeness (QED) is 0.174. The molecule has 0 aliphatic heterocycles. The first-order chi connectivity index (χ1) is 19.7. The summed E-state index contributed by atoms with van der Waals surface area (Å²) >= 11 is 0. The van der Waals surface area contributed by atoms with Crippen LogP contribution in [0.1, 0.15) is 75.8 Å². The second kappa shape index (κ2) is 11.5. The van der Waals surface area contributed by atoms with Gasteiger partial charge >= 0.3 is 0 Å². The Balaban J connectivity index is 0.00000353. The van der Waals surface area contributed by atoms with Gasteiger partial charge in [0.15, 0.2) is 0 Å². The van der Waals surface area contributed by atoms with Crippen molar-refractivity contribution in [3.05, 3.63) is 120 Å². The fraction of sp³-hybridized carbons (Fsp3) is 0.243. The Labute approximate surface area is 262 Å². The number of pyridine rings is 2. The summed E-state index contributed by atoms with van der Waals surface area (Å²) in [4.78, 5) is 9.87. The van der Waals surface area contributed by atoms with E-state index < -0.39 is 0 Å². The molecule has 0 fully saturated rings. The van der Waals surface area contributed by atoms with Gasteiger partial charge in [-0.25, -0.2) is 0 Å². The summed E-state index contributed by atoms with van der Waals surface area (Å²) in [6.07, 6.45) is 1.84. The Morgan fingerprint density at radius 3 is 2.29 bits per heavy atom. The van der Waals surface area contributed by atoms with Gasteiger partial charge in [0.2, 0.25) is 0 Å². The molecule has 1 N–H and O–H groups in total. The molecule has 5 heteroatoms. The first kappa shape index (κ1) is 29.7. The molecular weight excluding hydrogens is 698 g/mol. The second-order valence-electron chi connectivity index (χ2n) is 12.0. The molecule has 6 rings (SSSR count). The van der Waals surface area contributed by atoms with E-state index >= 15 is 0 Å². The number of phenols is 1. The molecule has 0 saturated carbocycles. The summed E-state index contributed by atoms with van der Waals surface area (Å²) < 4.78 is 2.13. The zero-order chi connectivity index (χ0) is 28.9. The van der Waals surface area contributed by atoms with Crippen LogP contribution in [-0.2, 0) is 26.5 Å². The molecule has 0 unspecified atom stereocenters. The van der Waals surface area contributed by atoms with Crippen LogP contribution in [0.4, 0.5) is 0 Å². The molecule has 4 nitrogen and oxygen atoms in total. The molecule has 0 amide bonds. The maximum absolute atomic E-state index is 11.6. The van der Waals surface area contributed by atoms with E-state index in [-0.39, 0.29) is 32.4 Å². The van der Waals surface area contributed by atoms with Crippen molar-refractivity contribution in [2.45, 2.75) is 58.8 Å². The van der Waals surface area contributed by atoms with Crippen LogP contribution in [0.5, 0.6) is 5.75 Å². The smallest absolute Gasteiger partial charge is 0.143 e. The minimum absolute atomic E-state index is 0. The molecule has 3 aromatic heterocycles. The summed E-state index contributed by atoms with van der Waals surface area (Å²) in [6.45, 7) is 13.0. The molecule has 0 radical (unpaired) electrons. The first-order valence-corrected chi connectivity index (χ1v) is 14.4. The molecule has 0 spiro atoms. The molecule has 3 heterocycles. The predicted molar refractivity (Wildman–Crippen MR) is 169 cm³/mol. The largest absolute Gasteiger partial charge is 0.505 e. The maximum Gasteiger partial charge on any atom is 0.143 e. The van der Waals surface area contributed by atoms with E-state index in [1.807, 2.05) is 24.4 Å². The van der Waals surface area contributed by atoms with Gasteiger partial charge in [-0.3, -0.25) is 14.5 Å². The van der Waals surface area contributed by atoms with Gasteiger partial charge < -0.3 is 5.11 Å². The second-order valence-corrected chi connectivity index (χ2v) is 12.0. The van der Waals surface area contributed by atoms with E-state index in [0.717, 1.165) is 55.7 Å². The molecule has 0 saturated heterocycles. The Kier molecular flexibility index (Phi) is 8.14. The summed E-state index contributed by atoms with van der Waals surface area (Å²) in [7, 11) is 0. The minimum atomic E-state index is -0.313. The first-order valence-electron chi connectivity index (χ1n) is 14.4. The molecule has 0 aliphatic carbocycles. The molecule has 0 atom stereocenters. The Morgan fingerprint density at radius 1 is 0.810 bits per heavy atom. The van der Waals surface area contributed by atoms with E-state index in [9.17, 15) is 5.11 Å². The average molecular weight is 734 g/mol. The fourth-order valence-electron chi connectivity index (χ4n) is 5.69. The summed E-state index contributed by atoms with van der Waals surface area (Å²) in [5, 5.41) is 13.8. The molecule has 3 aromatic carbocycles. The van der Waals surface area contributed by atoms with Crippen molar-refractivity contribution in [3.8, 4) is 22.7 Å². The van der Waals surface area contributed by atoms with Crippen molar-refractivity contribution < 1.29 is 26.2 Å². The van der Waals surface area contributed by atoms with Gasteiger partial charge in [-0.15, -0.1) is 35.4 Å². The minimum Gasteiger partial charge on any atom is -0.505 e. The van der Waals surface area contributed by atoms with Crippen molar-refractivity contribution >= 4 is 21.9 Å². The zero-order valence-corrected chi connectivity index (χ0v) is 27.2. The number of hydrogen-bond acceptors (Lipinski definition) is 3. The summed E-state index contributed by atoms with van der Waals surface area (Å²) in [6, 6.07) is 32.7. The van der Waals surface area contributed by atoms with Crippen LogP contribution in [0.2, 0.25) is 0 Å². The van der Waals surface area contributed by atoms with Crippen molar-refractivity contribution in [3.63, 3.8) is 0 Å². The molecular formula is C37H36N3OPt-. The predicted octanol–water partition coefficient (Wildman–Crippen LogP) is 9.32. The Bertz CT molecular complexity index is 1890. The number of hydrogen-bond donors (Lipinski definition) is 1. The molecule has 0 bridgehead atoms. The van der Waals surface area contributed by atoms with Gasteiger partial charge in [0, 0.05) is 49.1 Å². The standard InChI is InChI=1S/C37H36N3O.Pt/c1-23(2)26-21-30(24(3)4)35(41)33(22-26)40-32-15-8-7-14-28(32)29-17-18-31(39-36(29)40)25-12-11-13-27(20-25)37(5,6)34-16-9-10-19-38-34;/h7-19,21-24,41H,1-6H3;/q-1;. The van der Waals surface area contributed by atoms with Crippen LogP contribution in [-0.4, -0.2) is 19.6 Å². The van der Waals surface area contributed by atoms with E-state index in [2.05, 4.69) is 124 Å². The zero-order valence-electron chi connectivity index (χ0n) is 24.9. The monoisotopic (exact) mass is 733 g/mol. The number of fused-ring (bicyclic) bond motifs is 3. The van der Waals surface area contributed by atoms with E-state index in [1.165, 1.54) is 5.56 Å². The van der Waals surface area contributed by atoms with Crippen LogP contribution < -0.4 is 0 Å². The number of nitrogens with zero attached hydrogens (tertiary/aromatic N) is 3. The number of benzene rings is 3. The molecule has 0 aliphatic rings. The van der Waals surface area contributed by atoms with Crippen LogP contribution >= 0.6 is 0 Å². The van der Waals surface area contributed by atoms with Gasteiger partial charge in [0.05, 0.1) is 11.2 Å². The Hall–Kier alpha value is -3.75. The van der Waals surface area contributed by atoms with Crippen LogP contribution in [0.25, 0.3) is 38.9 Å². The Morgan fingerprint density at radius 2 is 1.57 bits per heavy atom. The third-order valence-electron chi connectivity index (χ3n) is 8.24. The van der Waals surface area contributed by atoms with Gasteiger partial charge in [0.25, 0.3) is 0 Å². The van der Waals surface area contributed by atoms with E-state index in [1.54, 1.807) is 0 Å². The number of aromatic nitrogens is 3. The third-order valence-corrected chi connectivity index (χ3v) is 8.24. The average Bonchev–Trinajstić information content (AvgIpc) is 3.31. The van der Waals surface area contributed by atoms with Gasteiger partial charge in [-0.2, -0.15) is 0 Å². The van der Waals surface area contributed by atoms with Crippen molar-refractivity contribution in [2.75, 3.05) is 0 Å². The van der Waals surface area contributed by atoms with Crippen molar-refractivity contribution in [1.82, 2.24) is 14.5 Å².